The second-order valence-corrected chi connectivity index (χ2v) is 9.27. The Morgan fingerprint density at radius 1 is 0.875 bits per heavy atom. The maximum absolute atomic E-state index is 12.9. The van der Waals surface area contributed by atoms with Gasteiger partial charge in [0, 0.05) is 32.2 Å². The molecule has 0 N–H and O–H groups in total. The molecule has 1 aliphatic carbocycles. The number of hydrogen-bond donors (Lipinski definition) is 0. The molecule has 1 saturated heterocycles. The van der Waals surface area contributed by atoms with E-state index in [2.05, 4.69) is 4.90 Å². The van der Waals surface area contributed by atoms with Gasteiger partial charge in [-0.1, -0.05) is 31.7 Å². The van der Waals surface area contributed by atoms with E-state index in [9.17, 15) is 8.42 Å². The summed E-state index contributed by atoms with van der Waals surface area (Å²) in [7, 11) is -3.36. The van der Waals surface area contributed by atoms with Crippen molar-refractivity contribution in [1.29, 1.82) is 0 Å². The minimum atomic E-state index is -3.36. The zero-order valence-electron chi connectivity index (χ0n) is 15.0. The molecule has 24 heavy (non-hydrogen) atoms. The van der Waals surface area contributed by atoms with Crippen molar-refractivity contribution < 1.29 is 8.42 Å². The molecule has 0 unspecified atom stereocenters. The summed E-state index contributed by atoms with van der Waals surface area (Å²) >= 11 is 0. The molecule has 5 heteroatoms. The number of hydrogen-bond acceptors (Lipinski definition) is 3. The van der Waals surface area contributed by atoms with E-state index in [0.717, 1.165) is 24.2 Å². The standard InChI is InChI=1S/C19H30N2O2S/c1-16-9-10-19(15-17(16)2)24(22,23)21-13-11-20(12-14-21)18-7-5-3-4-6-8-18/h9-10,15,18H,3-8,11-14H2,1-2H3. The first kappa shape index (κ1) is 17.9. The van der Waals surface area contributed by atoms with Gasteiger partial charge in [0.25, 0.3) is 0 Å². The lowest BCUT2D eigenvalue weighted by atomic mass is 10.1. The van der Waals surface area contributed by atoms with Crippen LogP contribution in [0.4, 0.5) is 0 Å². The van der Waals surface area contributed by atoms with Crippen LogP contribution in [0.1, 0.15) is 49.7 Å². The molecular formula is C19H30N2O2S. The molecule has 2 aliphatic rings. The first-order chi connectivity index (χ1) is 11.5. The Kier molecular flexibility index (Phi) is 5.63. The Labute approximate surface area is 146 Å². The summed E-state index contributed by atoms with van der Waals surface area (Å²) in [5.41, 5.74) is 2.17. The lowest BCUT2D eigenvalue weighted by Gasteiger charge is -2.38. The predicted octanol–water partition coefficient (Wildman–Crippen LogP) is 3.33. The van der Waals surface area contributed by atoms with Gasteiger partial charge in [-0.05, 0) is 49.9 Å². The van der Waals surface area contributed by atoms with Crippen LogP contribution < -0.4 is 0 Å². The Morgan fingerprint density at radius 3 is 2.08 bits per heavy atom. The molecular weight excluding hydrogens is 320 g/mol. The molecule has 0 bridgehead atoms. The van der Waals surface area contributed by atoms with E-state index < -0.39 is 10.0 Å². The van der Waals surface area contributed by atoms with Gasteiger partial charge in [-0.15, -0.1) is 0 Å². The average molecular weight is 351 g/mol. The van der Waals surface area contributed by atoms with Gasteiger partial charge in [-0.3, -0.25) is 4.90 Å². The van der Waals surface area contributed by atoms with Crippen LogP contribution in [-0.2, 0) is 10.0 Å². The summed E-state index contributed by atoms with van der Waals surface area (Å²) in [6.45, 7) is 6.95. The van der Waals surface area contributed by atoms with E-state index in [1.54, 1.807) is 10.4 Å². The van der Waals surface area contributed by atoms with Crippen LogP contribution >= 0.6 is 0 Å². The molecule has 0 radical (unpaired) electrons. The SMILES string of the molecule is Cc1ccc(S(=O)(=O)N2CCN(C3CCCCCC3)CC2)cc1C. The third kappa shape index (κ3) is 3.84. The summed E-state index contributed by atoms with van der Waals surface area (Å²) in [4.78, 5) is 2.96. The molecule has 0 atom stereocenters. The molecule has 2 fully saturated rings. The van der Waals surface area contributed by atoms with Crippen molar-refractivity contribution in [2.45, 2.75) is 63.3 Å². The van der Waals surface area contributed by atoms with Crippen molar-refractivity contribution in [3.63, 3.8) is 0 Å². The number of nitrogens with zero attached hydrogens (tertiary/aromatic N) is 2. The highest BCUT2D eigenvalue weighted by Crippen LogP contribution is 2.25. The fourth-order valence-electron chi connectivity index (χ4n) is 3.96. The Morgan fingerprint density at radius 2 is 1.50 bits per heavy atom. The van der Waals surface area contributed by atoms with E-state index in [-0.39, 0.29) is 0 Å². The highest BCUT2D eigenvalue weighted by molar-refractivity contribution is 7.89. The Hall–Kier alpha value is -0.910. The molecule has 1 saturated carbocycles. The van der Waals surface area contributed by atoms with Crippen LogP contribution in [0.2, 0.25) is 0 Å². The first-order valence-corrected chi connectivity index (χ1v) is 10.7. The van der Waals surface area contributed by atoms with E-state index in [4.69, 9.17) is 0 Å². The number of benzene rings is 1. The Balaban J connectivity index is 1.65. The van der Waals surface area contributed by atoms with Crippen molar-refractivity contribution in [3.05, 3.63) is 29.3 Å². The van der Waals surface area contributed by atoms with Crippen LogP contribution in [0.3, 0.4) is 0 Å². The molecule has 0 aromatic heterocycles. The van der Waals surface area contributed by atoms with Gasteiger partial charge < -0.3 is 0 Å². The van der Waals surface area contributed by atoms with Gasteiger partial charge in [-0.2, -0.15) is 4.31 Å². The first-order valence-electron chi connectivity index (χ1n) is 9.30. The van der Waals surface area contributed by atoms with E-state index >= 15 is 0 Å². The van der Waals surface area contributed by atoms with Crippen molar-refractivity contribution >= 4 is 10.0 Å². The van der Waals surface area contributed by atoms with Crippen molar-refractivity contribution in [1.82, 2.24) is 9.21 Å². The van der Waals surface area contributed by atoms with Gasteiger partial charge in [0.2, 0.25) is 10.0 Å². The highest BCUT2D eigenvalue weighted by Gasteiger charge is 2.31. The maximum atomic E-state index is 12.9. The minimum Gasteiger partial charge on any atom is -0.298 e. The normalized spacial score (nSPS) is 22.4. The third-order valence-corrected chi connectivity index (χ3v) is 7.63. The highest BCUT2D eigenvalue weighted by atomic mass is 32.2. The second kappa shape index (κ2) is 7.54. The van der Waals surface area contributed by atoms with Crippen LogP contribution in [0.25, 0.3) is 0 Å². The monoisotopic (exact) mass is 350 g/mol. The van der Waals surface area contributed by atoms with Gasteiger partial charge in [0.1, 0.15) is 0 Å². The van der Waals surface area contributed by atoms with Crippen LogP contribution in [-0.4, -0.2) is 49.8 Å². The second-order valence-electron chi connectivity index (χ2n) is 7.33. The lowest BCUT2D eigenvalue weighted by molar-refractivity contribution is 0.126. The van der Waals surface area contributed by atoms with Crippen molar-refractivity contribution in [2.75, 3.05) is 26.2 Å². The number of sulfonamides is 1. The van der Waals surface area contributed by atoms with Gasteiger partial charge in [0.05, 0.1) is 4.90 Å². The molecule has 1 aromatic carbocycles. The fraction of sp³-hybridized carbons (Fsp3) is 0.684. The fourth-order valence-corrected chi connectivity index (χ4v) is 5.46. The van der Waals surface area contributed by atoms with Gasteiger partial charge in [0.15, 0.2) is 0 Å². The van der Waals surface area contributed by atoms with E-state index in [1.807, 2.05) is 26.0 Å². The van der Waals surface area contributed by atoms with Crippen LogP contribution in [0, 0.1) is 13.8 Å². The van der Waals surface area contributed by atoms with Gasteiger partial charge >= 0.3 is 0 Å². The molecule has 3 rings (SSSR count). The van der Waals surface area contributed by atoms with Crippen molar-refractivity contribution in [3.8, 4) is 0 Å². The third-order valence-electron chi connectivity index (χ3n) is 5.73. The van der Waals surface area contributed by atoms with Crippen LogP contribution in [0.5, 0.6) is 0 Å². The number of aryl methyl sites for hydroxylation is 2. The summed E-state index contributed by atoms with van der Waals surface area (Å²) in [5.74, 6) is 0. The zero-order chi connectivity index (χ0) is 17.2. The molecule has 4 nitrogen and oxygen atoms in total. The van der Waals surface area contributed by atoms with E-state index in [0.29, 0.717) is 24.0 Å². The quantitative estimate of drug-likeness (QED) is 0.785. The smallest absolute Gasteiger partial charge is 0.243 e. The van der Waals surface area contributed by atoms with E-state index in [1.165, 1.54) is 38.5 Å². The minimum absolute atomic E-state index is 0.438. The van der Waals surface area contributed by atoms with Gasteiger partial charge in [-0.25, -0.2) is 8.42 Å². The largest absolute Gasteiger partial charge is 0.298 e. The molecule has 1 heterocycles. The number of rotatable bonds is 3. The van der Waals surface area contributed by atoms with Crippen LogP contribution in [0.15, 0.2) is 23.1 Å². The summed E-state index contributed by atoms with van der Waals surface area (Å²) < 4.78 is 27.5. The summed E-state index contributed by atoms with van der Waals surface area (Å²) in [5, 5.41) is 0. The predicted molar refractivity (Wildman–Crippen MR) is 97.7 cm³/mol. The number of piperazine rings is 1. The molecule has 0 spiro atoms. The van der Waals surface area contributed by atoms with Crippen molar-refractivity contribution in [2.24, 2.45) is 0 Å². The molecule has 1 aliphatic heterocycles. The molecule has 1 aromatic rings. The lowest BCUT2D eigenvalue weighted by Crippen LogP contribution is -2.51. The maximum Gasteiger partial charge on any atom is 0.243 e. The Bertz CT molecular complexity index is 656. The summed E-state index contributed by atoms with van der Waals surface area (Å²) in [6, 6.07) is 6.13. The molecule has 0 amide bonds. The average Bonchev–Trinajstić information content (AvgIpc) is 2.86. The summed E-state index contributed by atoms with van der Waals surface area (Å²) in [6.07, 6.45) is 7.93. The molecule has 134 valence electrons. The zero-order valence-corrected chi connectivity index (χ0v) is 15.8. The topological polar surface area (TPSA) is 40.6 Å².